The molecule has 5 nitrogen and oxygen atoms in total. The van der Waals surface area contributed by atoms with Crippen molar-refractivity contribution < 1.29 is 4.79 Å². The maximum atomic E-state index is 10.7. The van der Waals surface area contributed by atoms with Crippen LogP contribution in [0.15, 0.2) is 36.7 Å². The minimum absolute atomic E-state index is 0.0362. The van der Waals surface area contributed by atoms with Gasteiger partial charge < -0.3 is 14.9 Å². The Labute approximate surface area is 123 Å². The molecule has 0 spiro atoms. The lowest BCUT2D eigenvalue weighted by Crippen LogP contribution is -2.19. The topological polar surface area (TPSA) is 62.7 Å². The van der Waals surface area contributed by atoms with Gasteiger partial charge in [-0.1, -0.05) is 6.07 Å². The molecular formula is C16H18N4O. The number of nitrogens with zero attached hydrogens (tertiary/aromatic N) is 2. The normalized spacial score (nSPS) is 11.8. The summed E-state index contributed by atoms with van der Waals surface area (Å²) in [5.74, 6) is 0.799. The van der Waals surface area contributed by atoms with E-state index in [0.717, 1.165) is 22.4 Å². The van der Waals surface area contributed by atoms with Crippen molar-refractivity contribution in [2.45, 2.75) is 26.3 Å². The number of carbonyl (C=O) groups is 1. The summed E-state index contributed by atoms with van der Waals surface area (Å²) in [6, 6.07) is 7.70. The maximum absolute atomic E-state index is 10.7. The Kier molecular flexibility index (Phi) is 3.05. The number of aromatic nitrogens is 3. The van der Waals surface area contributed by atoms with Gasteiger partial charge in [0, 0.05) is 23.5 Å². The summed E-state index contributed by atoms with van der Waals surface area (Å²) in [6.45, 7) is 6.46. The molecule has 1 amide bonds. The van der Waals surface area contributed by atoms with Crippen LogP contribution in [0.2, 0.25) is 0 Å². The van der Waals surface area contributed by atoms with Gasteiger partial charge in [0.1, 0.15) is 11.3 Å². The van der Waals surface area contributed by atoms with E-state index in [1.54, 1.807) is 0 Å². The van der Waals surface area contributed by atoms with Gasteiger partial charge in [0.25, 0.3) is 0 Å². The largest absolute Gasteiger partial charge is 0.348 e. The number of para-hydroxylation sites is 1. The van der Waals surface area contributed by atoms with E-state index in [1.807, 2.05) is 30.5 Å². The van der Waals surface area contributed by atoms with Crippen molar-refractivity contribution in [2.24, 2.45) is 0 Å². The molecule has 21 heavy (non-hydrogen) atoms. The van der Waals surface area contributed by atoms with Crippen LogP contribution in [-0.2, 0) is 10.3 Å². The van der Waals surface area contributed by atoms with Gasteiger partial charge in [0.15, 0.2) is 0 Å². The molecule has 3 aromatic rings. The minimum atomic E-state index is 0.0362. The van der Waals surface area contributed by atoms with Crippen LogP contribution in [0.25, 0.3) is 22.4 Å². The summed E-state index contributed by atoms with van der Waals surface area (Å²) < 4.78 is 2.15. The smallest absolute Gasteiger partial charge is 0.211 e. The second-order valence-electron chi connectivity index (χ2n) is 6.03. The summed E-state index contributed by atoms with van der Waals surface area (Å²) in [7, 11) is 0. The van der Waals surface area contributed by atoms with Crippen LogP contribution in [-0.4, -0.2) is 20.9 Å². The average Bonchev–Trinajstić information content (AvgIpc) is 3.05. The zero-order valence-electron chi connectivity index (χ0n) is 12.3. The highest BCUT2D eigenvalue weighted by atomic mass is 16.1. The molecule has 0 fully saturated rings. The van der Waals surface area contributed by atoms with Gasteiger partial charge in [0.2, 0.25) is 6.41 Å². The third kappa shape index (κ3) is 2.42. The molecule has 0 radical (unpaired) electrons. The van der Waals surface area contributed by atoms with Crippen LogP contribution >= 0.6 is 0 Å². The molecule has 2 N–H and O–H groups in total. The molecule has 0 aliphatic rings. The number of hydrogen-bond donors (Lipinski definition) is 2. The van der Waals surface area contributed by atoms with Gasteiger partial charge in [0.05, 0.1) is 11.2 Å². The first-order valence-electron chi connectivity index (χ1n) is 6.87. The molecule has 0 atom stereocenters. The zero-order chi connectivity index (χ0) is 15.0. The molecule has 0 aliphatic carbocycles. The van der Waals surface area contributed by atoms with Crippen molar-refractivity contribution in [3.05, 3.63) is 36.7 Å². The lowest BCUT2D eigenvalue weighted by molar-refractivity contribution is -0.105. The Morgan fingerprint density at radius 3 is 2.76 bits per heavy atom. The van der Waals surface area contributed by atoms with Gasteiger partial charge in [-0.2, -0.15) is 0 Å². The Hall–Kier alpha value is -2.56. The fourth-order valence-corrected chi connectivity index (χ4v) is 2.30. The molecular weight excluding hydrogens is 264 g/mol. The number of aromatic amines is 1. The first-order valence-corrected chi connectivity index (χ1v) is 6.87. The summed E-state index contributed by atoms with van der Waals surface area (Å²) in [5, 5.41) is 2.68. The Morgan fingerprint density at radius 1 is 1.29 bits per heavy atom. The molecule has 5 heteroatoms. The van der Waals surface area contributed by atoms with Crippen LogP contribution in [0.1, 0.15) is 20.8 Å². The number of nitrogens with one attached hydrogen (secondary N) is 2. The van der Waals surface area contributed by atoms with Crippen molar-refractivity contribution in [3.63, 3.8) is 0 Å². The van der Waals surface area contributed by atoms with E-state index in [-0.39, 0.29) is 5.54 Å². The molecule has 108 valence electrons. The van der Waals surface area contributed by atoms with E-state index in [1.165, 1.54) is 0 Å². The first-order chi connectivity index (χ1) is 9.99. The van der Waals surface area contributed by atoms with E-state index in [0.29, 0.717) is 12.1 Å². The third-order valence-electron chi connectivity index (χ3n) is 3.47. The Bertz CT molecular complexity index is 792. The van der Waals surface area contributed by atoms with Gasteiger partial charge in [-0.3, -0.25) is 4.79 Å². The molecule has 2 aromatic heterocycles. The van der Waals surface area contributed by atoms with Crippen molar-refractivity contribution in [2.75, 3.05) is 5.32 Å². The molecule has 0 saturated carbocycles. The lowest BCUT2D eigenvalue weighted by Gasteiger charge is -2.20. The standard InChI is InChI=1S/C16H18N4O/c1-16(2,3)20-8-7-11(9-20)15-18-13-6-4-5-12(17-10-21)14(13)19-15/h4-10H,1-3H3,(H,17,21)(H,18,19). The number of carbonyl (C=O) groups excluding carboxylic acids is 1. The van der Waals surface area contributed by atoms with Crippen LogP contribution in [0.3, 0.4) is 0 Å². The van der Waals surface area contributed by atoms with Gasteiger partial charge in [-0.25, -0.2) is 4.98 Å². The van der Waals surface area contributed by atoms with Crippen LogP contribution in [0.5, 0.6) is 0 Å². The van der Waals surface area contributed by atoms with E-state index >= 15 is 0 Å². The number of fused-ring (bicyclic) bond motifs is 1. The first kappa shape index (κ1) is 13.4. The zero-order valence-corrected chi connectivity index (χ0v) is 12.3. The minimum Gasteiger partial charge on any atom is -0.348 e. The number of hydrogen-bond acceptors (Lipinski definition) is 2. The number of benzene rings is 1. The van der Waals surface area contributed by atoms with E-state index in [2.05, 4.69) is 46.8 Å². The summed E-state index contributed by atoms with van der Waals surface area (Å²) in [5.41, 5.74) is 3.44. The number of amides is 1. The van der Waals surface area contributed by atoms with Gasteiger partial charge in [-0.15, -0.1) is 0 Å². The summed E-state index contributed by atoms with van der Waals surface area (Å²) in [4.78, 5) is 18.6. The fourth-order valence-electron chi connectivity index (χ4n) is 2.30. The number of rotatable bonds is 3. The monoisotopic (exact) mass is 282 g/mol. The van der Waals surface area contributed by atoms with Crippen molar-refractivity contribution in [3.8, 4) is 11.4 Å². The van der Waals surface area contributed by atoms with Crippen molar-refractivity contribution in [1.82, 2.24) is 14.5 Å². The maximum Gasteiger partial charge on any atom is 0.211 e. The quantitative estimate of drug-likeness (QED) is 0.724. The number of imidazole rings is 1. The Morgan fingerprint density at radius 2 is 2.10 bits per heavy atom. The lowest BCUT2D eigenvalue weighted by atomic mass is 10.1. The molecule has 0 saturated heterocycles. The highest BCUT2D eigenvalue weighted by molar-refractivity contribution is 5.94. The van der Waals surface area contributed by atoms with E-state index < -0.39 is 0 Å². The van der Waals surface area contributed by atoms with Gasteiger partial charge >= 0.3 is 0 Å². The summed E-state index contributed by atoms with van der Waals surface area (Å²) >= 11 is 0. The average molecular weight is 282 g/mol. The van der Waals surface area contributed by atoms with Gasteiger partial charge in [-0.05, 0) is 39.0 Å². The van der Waals surface area contributed by atoms with Crippen molar-refractivity contribution in [1.29, 1.82) is 0 Å². The second kappa shape index (κ2) is 4.77. The third-order valence-corrected chi connectivity index (χ3v) is 3.47. The van der Waals surface area contributed by atoms with E-state index in [4.69, 9.17) is 0 Å². The fraction of sp³-hybridized carbons (Fsp3) is 0.250. The number of anilines is 1. The van der Waals surface area contributed by atoms with Crippen LogP contribution in [0, 0.1) is 0 Å². The van der Waals surface area contributed by atoms with Crippen LogP contribution in [0.4, 0.5) is 5.69 Å². The SMILES string of the molecule is CC(C)(C)n1ccc(-c2nc3c(NC=O)cccc3[nH]2)c1. The second-order valence-corrected chi connectivity index (χ2v) is 6.03. The molecule has 2 heterocycles. The molecule has 1 aromatic carbocycles. The predicted molar refractivity (Wildman–Crippen MR) is 84.2 cm³/mol. The molecule has 0 unspecified atom stereocenters. The van der Waals surface area contributed by atoms with Crippen molar-refractivity contribution >= 4 is 23.1 Å². The molecule has 0 bridgehead atoms. The number of H-pyrrole nitrogens is 1. The van der Waals surface area contributed by atoms with E-state index in [9.17, 15) is 4.79 Å². The highest BCUT2D eigenvalue weighted by Crippen LogP contribution is 2.27. The highest BCUT2D eigenvalue weighted by Gasteiger charge is 2.15. The van der Waals surface area contributed by atoms with Crippen LogP contribution < -0.4 is 5.32 Å². The predicted octanol–water partition coefficient (Wildman–Crippen LogP) is 3.35. The molecule has 3 rings (SSSR count). The molecule has 0 aliphatic heterocycles. The summed E-state index contributed by atoms with van der Waals surface area (Å²) in [6.07, 6.45) is 4.79. The Balaban J connectivity index is 2.07.